The Morgan fingerprint density at radius 1 is 0.500 bits per heavy atom. The molecule has 0 spiro atoms. The van der Waals surface area contributed by atoms with E-state index < -0.39 is 0 Å². The number of fused-ring (bicyclic) bond motifs is 9. The fourth-order valence-corrected chi connectivity index (χ4v) is 6.45. The normalized spacial score (nSPS) is 12.0. The predicted octanol–water partition coefficient (Wildman–Crippen LogP) is 10.1. The van der Waals surface area contributed by atoms with Crippen LogP contribution in [0.25, 0.3) is 82.1 Å². The molecule has 0 aliphatic carbocycles. The highest BCUT2D eigenvalue weighted by Gasteiger charge is 2.18. The van der Waals surface area contributed by atoms with Gasteiger partial charge in [-0.25, -0.2) is 0 Å². The number of hydrogen-bond acceptors (Lipinski definition) is 2. The minimum absolute atomic E-state index is 0.909. The summed E-state index contributed by atoms with van der Waals surface area (Å²) < 4.78 is 8.67. The van der Waals surface area contributed by atoms with Crippen LogP contribution in [0.15, 0.2) is 138 Å². The Morgan fingerprint density at radius 3 is 2.17 bits per heavy atom. The van der Waals surface area contributed by atoms with Gasteiger partial charge in [0.15, 0.2) is 0 Å². The number of para-hydroxylation sites is 3. The van der Waals surface area contributed by atoms with Gasteiger partial charge in [0.25, 0.3) is 0 Å². The van der Waals surface area contributed by atoms with Crippen molar-refractivity contribution >= 4 is 65.3 Å². The summed E-state index contributed by atoms with van der Waals surface area (Å²) in [5.41, 5.74) is 7.64. The van der Waals surface area contributed by atoms with Gasteiger partial charge in [0.2, 0.25) is 0 Å². The summed E-state index contributed by atoms with van der Waals surface area (Å²) in [5, 5.41) is 9.60. The average Bonchev–Trinajstić information content (AvgIpc) is 3.54. The van der Waals surface area contributed by atoms with Crippen LogP contribution >= 0.6 is 0 Å². The van der Waals surface area contributed by atoms with E-state index >= 15 is 0 Å². The molecule has 186 valence electrons. The summed E-state index contributed by atoms with van der Waals surface area (Å²) in [6.45, 7) is 0. The Kier molecular flexibility index (Phi) is 4.33. The molecule has 3 heterocycles. The molecule has 3 nitrogen and oxygen atoms in total. The van der Waals surface area contributed by atoms with Crippen molar-refractivity contribution in [2.45, 2.75) is 0 Å². The summed E-state index contributed by atoms with van der Waals surface area (Å²) in [4.78, 5) is 4.47. The molecule has 9 rings (SSSR count). The van der Waals surface area contributed by atoms with Crippen molar-refractivity contribution in [3.05, 3.63) is 134 Å². The molecule has 0 bridgehead atoms. The molecule has 0 aliphatic rings. The molecule has 0 saturated carbocycles. The molecule has 0 aliphatic heterocycles. The highest BCUT2D eigenvalue weighted by Crippen LogP contribution is 2.42. The largest absolute Gasteiger partial charge is 0.456 e. The number of benzene rings is 6. The van der Waals surface area contributed by atoms with E-state index in [1.807, 2.05) is 30.6 Å². The molecule has 0 amide bonds. The summed E-state index contributed by atoms with van der Waals surface area (Å²) in [5.74, 6) is 0. The van der Waals surface area contributed by atoms with Gasteiger partial charge in [-0.05, 0) is 87.8 Å². The van der Waals surface area contributed by atoms with Crippen LogP contribution in [0.5, 0.6) is 0 Å². The van der Waals surface area contributed by atoms with Crippen LogP contribution in [0.2, 0.25) is 0 Å². The molecular weight excluding hydrogens is 488 g/mol. The highest BCUT2D eigenvalue weighted by molar-refractivity contribution is 6.24. The van der Waals surface area contributed by atoms with Gasteiger partial charge in [0, 0.05) is 45.2 Å². The molecule has 0 fully saturated rings. The highest BCUT2D eigenvalue weighted by atomic mass is 16.3. The second-order valence-electron chi connectivity index (χ2n) is 10.4. The third-order valence-corrected chi connectivity index (χ3v) is 8.23. The fourth-order valence-electron chi connectivity index (χ4n) is 6.45. The van der Waals surface area contributed by atoms with E-state index in [2.05, 4.69) is 113 Å². The monoisotopic (exact) mass is 510 g/mol. The first-order valence-electron chi connectivity index (χ1n) is 13.5. The lowest BCUT2D eigenvalue weighted by Gasteiger charge is -2.13. The minimum Gasteiger partial charge on any atom is -0.456 e. The van der Waals surface area contributed by atoms with Crippen LogP contribution in [0.3, 0.4) is 0 Å². The van der Waals surface area contributed by atoms with Crippen LogP contribution in [0, 0.1) is 0 Å². The van der Waals surface area contributed by atoms with Crippen molar-refractivity contribution < 1.29 is 4.42 Å². The van der Waals surface area contributed by atoms with Gasteiger partial charge in [-0.3, -0.25) is 4.98 Å². The number of hydrogen-bond donors (Lipinski definition) is 0. The van der Waals surface area contributed by atoms with E-state index in [9.17, 15) is 0 Å². The zero-order valence-electron chi connectivity index (χ0n) is 21.5. The summed E-state index contributed by atoms with van der Waals surface area (Å²) in [6.07, 6.45) is 3.79. The third-order valence-electron chi connectivity index (χ3n) is 8.23. The van der Waals surface area contributed by atoms with Gasteiger partial charge in [-0.1, -0.05) is 60.7 Å². The van der Waals surface area contributed by atoms with Gasteiger partial charge in [-0.2, -0.15) is 0 Å². The maximum Gasteiger partial charge on any atom is 0.136 e. The molecule has 0 saturated heterocycles. The van der Waals surface area contributed by atoms with Crippen molar-refractivity contribution in [2.75, 3.05) is 0 Å². The molecule has 3 heteroatoms. The van der Waals surface area contributed by atoms with E-state index in [-0.39, 0.29) is 0 Å². The van der Waals surface area contributed by atoms with E-state index in [0.717, 1.165) is 44.1 Å². The summed E-state index contributed by atoms with van der Waals surface area (Å²) >= 11 is 0. The first kappa shape index (κ1) is 21.5. The molecule has 40 heavy (non-hydrogen) atoms. The SMILES string of the molecule is c1ccc(-n2c3ccccc3c3cc4c(cc32)c(-c2cccnc2)cc2cc3oc5ccccc5c3cc24)cc1. The minimum atomic E-state index is 0.909. The maximum absolute atomic E-state index is 6.28. The molecule has 0 radical (unpaired) electrons. The summed E-state index contributed by atoms with van der Waals surface area (Å²) in [6, 6.07) is 43.3. The number of aromatic nitrogens is 2. The Balaban J connectivity index is 1.50. The van der Waals surface area contributed by atoms with E-state index in [4.69, 9.17) is 4.42 Å². The van der Waals surface area contributed by atoms with Crippen LogP contribution < -0.4 is 0 Å². The van der Waals surface area contributed by atoms with Gasteiger partial charge in [0.05, 0.1) is 11.0 Å². The van der Waals surface area contributed by atoms with Crippen LogP contribution in [-0.2, 0) is 0 Å². The Bertz CT molecular complexity index is 2420. The van der Waals surface area contributed by atoms with Gasteiger partial charge < -0.3 is 8.98 Å². The summed E-state index contributed by atoms with van der Waals surface area (Å²) in [7, 11) is 0. The second kappa shape index (κ2) is 8.05. The number of pyridine rings is 1. The van der Waals surface area contributed by atoms with Gasteiger partial charge >= 0.3 is 0 Å². The van der Waals surface area contributed by atoms with Crippen LogP contribution in [-0.4, -0.2) is 9.55 Å². The molecule has 9 aromatic rings. The molecule has 0 unspecified atom stereocenters. The topological polar surface area (TPSA) is 31.0 Å². The quantitative estimate of drug-likeness (QED) is 0.217. The number of rotatable bonds is 2. The first-order chi connectivity index (χ1) is 19.8. The van der Waals surface area contributed by atoms with Gasteiger partial charge in [0.1, 0.15) is 11.2 Å². The Hall–Kier alpha value is -5.41. The number of furan rings is 1. The van der Waals surface area contributed by atoms with Crippen molar-refractivity contribution in [2.24, 2.45) is 0 Å². The average molecular weight is 511 g/mol. The Morgan fingerprint density at radius 2 is 1.30 bits per heavy atom. The van der Waals surface area contributed by atoms with E-state index in [1.165, 1.54) is 38.0 Å². The standard InChI is InChI=1S/C37H22N2O/c1-2-10-25(11-3-1)39-34-14-6-4-12-26(34)32-20-30-29-19-33-27-13-5-7-15-36(27)40-37(33)18-24(29)17-28(31(30)21-35(32)39)23-9-8-16-38-22-23/h1-22H. The van der Waals surface area contributed by atoms with Crippen molar-refractivity contribution in [1.82, 2.24) is 9.55 Å². The lowest BCUT2D eigenvalue weighted by molar-refractivity contribution is 0.669. The number of nitrogens with zero attached hydrogens (tertiary/aromatic N) is 2. The molecule has 0 N–H and O–H groups in total. The molecule has 6 aromatic carbocycles. The maximum atomic E-state index is 6.28. The zero-order valence-corrected chi connectivity index (χ0v) is 21.5. The Labute approximate surface area is 229 Å². The third kappa shape index (κ3) is 2.97. The van der Waals surface area contributed by atoms with Gasteiger partial charge in [-0.15, -0.1) is 0 Å². The predicted molar refractivity (Wildman–Crippen MR) is 166 cm³/mol. The molecular formula is C37H22N2O. The van der Waals surface area contributed by atoms with Crippen molar-refractivity contribution in [3.63, 3.8) is 0 Å². The van der Waals surface area contributed by atoms with Crippen molar-refractivity contribution in [3.8, 4) is 16.8 Å². The lowest BCUT2D eigenvalue weighted by atomic mass is 9.92. The lowest BCUT2D eigenvalue weighted by Crippen LogP contribution is -1.93. The molecule has 3 aromatic heterocycles. The fraction of sp³-hybridized carbons (Fsp3) is 0. The zero-order chi connectivity index (χ0) is 26.2. The second-order valence-corrected chi connectivity index (χ2v) is 10.4. The van der Waals surface area contributed by atoms with Crippen LogP contribution in [0.4, 0.5) is 0 Å². The molecule has 0 atom stereocenters. The first-order valence-corrected chi connectivity index (χ1v) is 13.5. The van der Waals surface area contributed by atoms with E-state index in [0.29, 0.717) is 0 Å². The smallest absolute Gasteiger partial charge is 0.136 e. The van der Waals surface area contributed by atoms with Crippen LogP contribution in [0.1, 0.15) is 0 Å². The van der Waals surface area contributed by atoms with E-state index in [1.54, 1.807) is 0 Å². The van der Waals surface area contributed by atoms with Crippen molar-refractivity contribution in [1.29, 1.82) is 0 Å².